The highest BCUT2D eigenvalue weighted by atomic mass is 19.1. The minimum atomic E-state index is -0.392. The number of anilines is 1. The van der Waals surface area contributed by atoms with Gasteiger partial charge in [0.15, 0.2) is 0 Å². The van der Waals surface area contributed by atoms with Gasteiger partial charge in [-0.15, -0.1) is 0 Å². The first-order valence-corrected chi connectivity index (χ1v) is 9.00. The Morgan fingerprint density at radius 3 is 2.96 bits per heavy atom. The van der Waals surface area contributed by atoms with E-state index in [0.29, 0.717) is 49.2 Å². The largest absolute Gasteiger partial charge is 0.381 e. The second-order valence-corrected chi connectivity index (χ2v) is 6.53. The van der Waals surface area contributed by atoms with Crippen LogP contribution in [0, 0.1) is 11.7 Å². The van der Waals surface area contributed by atoms with Crippen LogP contribution in [0.15, 0.2) is 53.1 Å². The van der Waals surface area contributed by atoms with Gasteiger partial charge < -0.3 is 9.30 Å². The summed E-state index contributed by atoms with van der Waals surface area (Å²) in [6.45, 7) is 7.74. The van der Waals surface area contributed by atoms with Crippen LogP contribution in [0.1, 0.15) is 24.6 Å². The molecule has 0 spiro atoms. The lowest BCUT2D eigenvalue weighted by molar-refractivity contribution is -0.0316. The summed E-state index contributed by atoms with van der Waals surface area (Å²) in [5.74, 6) is 0.0207. The van der Waals surface area contributed by atoms with Crippen molar-refractivity contribution in [3.05, 3.63) is 70.7 Å². The van der Waals surface area contributed by atoms with Crippen molar-refractivity contribution in [1.82, 2.24) is 9.55 Å². The number of aromatic nitrogens is 2. The minimum Gasteiger partial charge on any atom is -0.381 e. The van der Waals surface area contributed by atoms with E-state index in [4.69, 9.17) is 4.74 Å². The second kappa shape index (κ2) is 8.73. The zero-order valence-electron chi connectivity index (χ0n) is 15.3. The maximum Gasteiger partial charge on any atom is 0.250 e. The number of allylic oxidation sites excluding steroid dienone is 1. The second-order valence-electron chi connectivity index (χ2n) is 6.53. The van der Waals surface area contributed by atoms with Gasteiger partial charge in [-0.2, -0.15) is 5.10 Å². The van der Waals surface area contributed by atoms with Crippen LogP contribution in [0.3, 0.4) is 0 Å². The van der Waals surface area contributed by atoms with E-state index >= 15 is 0 Å². The van der Waals surface area contributed by atoms with E-state index in [0.717, 1.165) is 6.42 Å². The van der Waals surface area contributed by atoms with E-state index in [1.807, 2.05) is 6.92 Å². The van der Waals surface area contributed by atoms with Crippen molar-refractivity contribution in [1.29, 1.82) is 0 Å². The van der Waals surface area contributed by atoms with Gasteiger partial charge in [0.25, 0.3) is 5.56 Å². The van der Waals surface area contributed by atoms with Crippen molar-refractivity contribution in [3.63, 3.8) is 0 Å². The highest BCUT2D eigenvalue weighted by Crippen LogP contribution is 2.18. The highest BCUT2D eigenvalue weighted by Gasteiger charge is 2.20. The number of halogens is 1. The molecule has 0 unspecified atom stereocenters. The lowest BCUT2D eigenvalue weighted by atomic mass is 10.0. The summed E-state index contributed by atoms with van der Waals surface area (Å²) in [4.78, 5) is 16.1. The molecule has 7 heteroatoms. The Bertz CT molecular complexity index is 903. The molecule has 1 saturated heterocycles. The minimum absolute atomic E-state index is 0.0713. The van der Waals surface area contributed by atoms with Crippen LogP contribution in [0.2, 0.25) is 0 Å². The van der Waals surface area contributed by atoms with E-state index in [2.05, 4.69) is 22.1 Å². The van der Waals surface area contributed by atoms with Crippen molar-refractivity contribution < 1.29 is 9.13 Å². The molecule has 1 aliphatic heterocycles. The summed E-state index contributed by atoms with van der Waals surface area (Å²) in [6.07, 6.45) is 6.18. The Kier molecular flexibility index (Phi) is 6.13. The topological polar surface area (TPSA) is 68.5 Å². The van der Waals surface area contributed by atoms with E-state index in [-0.39, 0.29) is 11.1 Å². The average molecular weight is 370 g/mol. The molecule has 0 radical (unpaired) electrons. The number of nitrogens with zero attached hydrogens (tertiary/aromatic N) is 3. The molecule has 1 aliphatic rings. The third kappa shape index (κ3) is 4.68. The molecule has 0 aliphatic carbocycles. The van der Waals surface area contributed by atoms with Gasteiger partial charge in [-0.05, 0) is 31.1 Å². The van der Waals surface area contributed by atoms with Crippen LogP contribution in [-0.4, -0.2) is 28.5 Å². The van der Waals surface area contributed by atoms with Gasteiger partial charge in [0.2, 0.25) is 0 Å². The molecule has 0 aromatic carbocycles. The fourth-order valence-electron chi connectivity index (χ4n) is 2.82. The molecule has 27 heavy (non-hydrogen) atoms. The maximum atomic E-state index is 14.5. The van der Waals surface area contributed by atoms with Gasteiger partial charge in [-0.3, -0.25) is 15.2 Å². The molecule has 6 nitrogen and oxygen atoms in total. The van der Waals surface area contributed by atoms with E-state index in [1.165, 1.54) is 24.4 Å². The first-order chi connectivity index (χ1) is 13.1. The van der Waals surface area contributed by atoms with Crippen molar-refractivity contribution in [3.8, 4) is 0 Å². The number of hydrogen-bond acceptors (Lipinski definition) is 5. The van der Waals surface area contributed by atoms with Crippen LogP contribution in [0.5, 0.6) is 0 Å². The normalized spacial score (nSPS) is 14.7. The average Bonchev–Trinajstić information content (AvgIpc) is 2.62. The van der Waals surface area contributed by atoms with Gasteiger partial charge in [0.1, 0.15) is 5.82 Å². The van der Waals surface area contributed by atoms with Crippen molar-refractivity contribution in [2.75, 3.05) is 18.6 Å². The Balaban J connectivity index is 1.76. The van der Waals surface area contributed by atoms with Crippen LogP contribution in [0.25, 0.3) is 0 Å². The Morgan fingerprint density at radius 1 is 1.52 bits per heavy atom. The summed E-state index contributed by atoms with van der Waals surface area (Å²) >= 11 is 0. The molecule has 0 amide bonds. The van der Waals surface area contributed by atoms with Gasteiger partial charge in [0, 0.05) is 36.6 Å². The fourth-order valence-corrected chi connectivity index (χ4v) is 2.82. The molecule has 142 valence electrons. The van der Waals surface area contributed by atoms with Gasteiger partial charge in [-0.1, -0.05) is 13.5 Å². The van der Waals surface area contributed by atoms with Crippen molar-refractivity contribution in [2.24, 2.45) is 11.0 Å². The first-order valence-electron chi connectivity index (χ1n) is 9.00. The number of rotatable bonds is 8. The van der Waals surface area contributed by atoms with Gasteiger partial charge in [0.05, 0.1) is 30.2 Å². The van der Waals surface area contributed by atoms with Crippen LogP contribution in [0.4, 0.5) is 10.1 Å². The molecular formula is C20H23FN4O2. The van der Waals surface area contributed by atoms with Gasteiger partial charge >= 0.3 is 0 Å². The summed E-state index contributed by atoms with van der Waals surface area (Å²) < 4.78 is 21.3. The molecule has 1 N–H and O–H groups in total. The SMILES string of the molecule is C=C/C(=N\Nc1ccc(=O)n(CCC)c1)c1cnc(CC2COC2)cc1F. The number of hydrazone groups is 1. The molecule has 2 aromatic rings. The zero-order valence-corrected chi connectivity index (χ0v) is 15.3. The molecule has 0 atom stereocenters. The summed E-state index contributed by atoms with van der Waals surface area (Å²) in [5, 5.41) is 4.23. The fraction of sp³-hybridized carbons (Fsp3) is 0.350. The number of pyridine rings is 2. The monoisotopic (exact) mass is 370 g/mol. The smallest absolute Gasteiger partial charge is 0.250 e. The quantitative estimate of drug-likeness (QED) is 0.573. The third-order valence-electron chi connectivity index (χ3n) is 4.34. The van der Waals surface area contributed by atoms with Crippen LogP contribution < -0.4 is 11.0 Å². The highest BCUT2D eigenvalue weighted by molar-refractivity contribution is 6.08. The van der Waals surface area contributed by atoms with Crippen molar-refractivity contribution >= 4 is 11.4 Å². The molecular weight excluding hydrogens is 347 g/mol. The molecule has 2 aromatic heterocycles. The number of ether oxygens (including phenoxy) is 1. The van der Waals surface area contributed by atoms with Crippen LogP contribution >= 0.6 is 0 Å². The summed E-state index contributed by atoms with van der Waals surface area (Å²) in [6, 6.07) is 4.55. The Hall–Kier alpha value is -2.80. The maximum absolute atomic E-state index is 14.5. The van der Waals surface area contributed by atoms with E-state index in [9.17, 15) is 9.18 Å². The summed E-state index contributed by atoms with van der Waals surface area (Å²) in [5.41, 5.74) is 4.74. The molecule has 1 fully saturated rings. The lowest BCUT2D eigenvalue weighted by Crippen LogP contribution is -2.29. The van der Waals surface area contributed by atoms with E-state index < -0.39 is 5.82 Å². The third-order valence-corrected chi connectivity index (χ3v) is 4.34. The standard InChI is InChI=1S/C20H23FN4O2/c1-3-7-25-11-15(5-6-20(25)26)23-24-19(4-2)17-10-22-16(9-18(17)21)8-14-12-27-13-14/h4-6,9-11,14,23H,2-3,7-8,12-13H2,1H3/b24-19+. The zero-order chi connectivity index (χ0) is 19.2. The summed E-state index contributed by atoms with van der Waals surface area (Å²) in [7, 11) is 0. The Labute approximate surface area is 157 Å². The molecule has 3 rings (SSSR count). The molecule has 0 bridgehead atoms. The lowest BCUT2D eigenvalue weighted by Gasteiger charge is -2.25. The van der Waals surface area contributed by atoms with Crippen LogP contribution in [-0.2, 0) is 17.7 Å². The van der Waals surface area contributed by atoms with Gasteiger partial charge in [-0.25, -0.2) is 4.39 Å². The van der Waals surface area contributed by atoms with Crippen molar-refractivity contribution in [2.45, 2.75) is 26.3 Å². The predicted molar refractivity (Wildman–Crippen MR) is 104 cm³/mol. The van der Waals surface area contributed by atoms with E-state index in [1.54, 1.807) is 16.8 Å². The first kappa shape index (κ1) is 19.0. The molecule has 0 saturated carbocycles. The Morgan fingerprint density at radius 2 is 2.33 bits per heavy atom. The molecule has 3 heterocycles. The number of hydrogen-bond donors (Lipinski definition) is 1. The number of nitrogens with one attached hydrogen (secondary N) is 1. The number of aryl methyl sites for hydroxylation is 1. The predicted octanol–water partition coefficient (Wildman–Crippen LogP) is 2.98.